The predicted octanol–water partition coefficient (Wildman–Crippen LogP) is 3.82. The summed E-state index contributed by atoms with van der Waals surface area (Å²) in [6, 6.07) is 7.01. The fraction of sp³-hybridized carbons (Fsp3) is 0.368. The second kappa shape index (κ2) is 9.23. The molecule has 1 aromatic rings. The number of aliphatic hydroxyl groups is 2. The first-order valence-corrected chi connectivity index (χ1v) is 7.61. The van der Waals surface area contributed by atoms with Crippen molar-refractivity contribution in [1.29, 1.82) is 0 Å². The third kappa shape index (κ3) is 5.88. The molecule has 0 radical (unpaired) electrons. The minimum atomic E-state index is -0.609. The fourth-order valence-electron chi connectivity index (χ4n) is 2.27. The van der Waals surface area contributed by atoms with E-state index in [4.69, 9.17) is 5.11 Å². The largest absolute Gasteiger partial charge is 0.508 e. The molecule has 1 rings (SSSR count). The quantitative estimate of drug-likeness (QED) is 0.640. The molecule has 0 amide bonds. The highest BCUT2D eigenvalue weighted by Gasteiger charge is 2.12. The summed E-state index contributed by atoms with van der Waals surface area (Å²) >= 11 is 0. The second-order valence-corrected chi connectivity index (χ2v) is 5.44. The molecule has 0 aromatic heterocycles. The average Bonchev–Trinajstić information content (AvgIpc) is 2.51. The Balaban J connectivity index is 2.65. The molecule has 120 valence electrons. The first-order valence-electron chi connectivity index (χ1n) is 7.61. The summed E-state index contributed by atoms with van der Waals surface area (Å²) in [7, 11) is 0. The van der Waals surface area contributed by atoms with E-state index < -0.39 is 6.10 Å². The Hall–Kier alpha value is -1.84. The zero-order valence-corrected chi connectivity index (χ0v) is 13.4. The van der Waals surface area contributed by atoms with E-state index in [0.29, 0.717) is 6.42 Å². The number of aliphatic hydroxyl groups excluding tert-OH is 2. The summed E-state index contributed by atoms with van der Waals surface area (Å²) in [6.07, 6.45) is 5.16. The molecule has 0 aliphatic heterocycles. The maximum atomic E-state index is 10.3. The number of rotatable bonds is 8. The van der Waals surface area contributed by atoms with Crippen LogP contribution >= 0.6 is 0 Å². The average molecular weight is 302 g/mol. The lowest BCUT2D eigenvalue weighted by atomic mass is 9.94. The minimum absolute atomic E-state index is 0.0895. The maximum Gasteiger partial charge on any atom is 0.115 e. The van der Waals surface area contributed by atoms with Gasteiger partial charge in [-0.3, -0.25) is 0 Å². The van der Waals surface area contributed by atoms with Crippen molar-refractivity contribution >= 4 is 6.08 Å². The molecule has 22 heavy (non-hydrogen) atoms. The van der Waals surface area contributed by atoms with Gasteiger partial charge in [-0.2, -0.15) is 0 Å². The summed E-state index contributed by atoms with van der Waals surface area (Å²) in [4.78, 5) is 0. The SMILES string of the molecule is C=C(CC)/C(=C/CO)C(O)CC/C(C)=C/c1ccc(O)cc1. The van der Waals surface area contributed by atoms with Crippen molar-refractivity contribution in [3.8, 4) is 5.75 Å². The van der Waals surface area contributed by atoms with Gasteiger partial charge in [-0.05, 0) is 55.0 Å². The van der Waals surface area contributed by atoms with Crippen LogP contribution in [0.2, 0.25) is 0 Å². The Morgan fingerprint density at radius 1 is 1.27 bits per heavy atom. The van der Waals surface area contributed by atoms with Gasteiger partial charge >= 0.3 is 0 Å². The van der Waals surface area contributed by atoms with Crippen molar-refractivity contribution in [2.24, 2.45) is 0 Å². The molecule has 0 saturated carbocycles. The van der Waals surface area contributed by atoms with E-state index >= 15 is 0 Å². The zero-order valence-electron chi connectivity index (χ0n) is 13.4. The van der Waals surface area contributed by atoms with Crippen LogP contribution in [0.25, 0.3) is 6.08 Å². The molecule has 0 aliphatic carbocycles. The van der Waals surface area contributed by atoms with Crippen molar-refractivity contribution in [3.05, 3.63) is 59.2 Å². The fourth-order valence-corrected chi connectivity index (χ4v) is 2.27. The van der Waals surface area contributed by atoms with Crippen LogP contribution < -0.4 is 0 Å². The van der Waals surface area contributed by atoms with Crippen LogP contribution in [0, 0.1) is 0 Å². The Morgan fingerprint density at radius 2 is 1.91 bits per heavy atom. The Bertz CT molecular complexity index is 538. The molecule has 1 aromatic carbocycles. The molecule has 0 bridgehead atoms. The number of allylic oxidation sites excluding steroid dienone is 1. The standard InChI is InChI=1S/C19H26O3/c1-4-15(3)18(11-12-20)19(22)10-5-14(2)13-16-6-8-17(21)9-7-16/h6-9,11,13,19-22H,3-5,10,12H2,1-2H3/b14-13+,18-11-. The second-order valence-electron chi connectivity index (χ2n) is 5.44. The molecule has 1 atom stereocenters. The summed E-state index contributed by atoms with van der Waals surface area (Å²) in [6.45, 7) is 7.85. The molecule has 0 aliphatic rings. The van der Waals surface area contributed by atoms with Gasteiger partial charge < -0.3 is 15.3 Å². The Morgan fingerprint density at radius 3 is 2.45 bits per heavy atom. The molecule has 3 N–H and O–H groups in total. The van der Waals surface area contributed by atoms with Crippen LogP contribution in [0.15, 0.2) is 53.6 Å². The summed E-state index contributed by atoms with van der Waals surface area (Å²) in [5, 5.41) is 28.6. The number of hydrogen-bond acceptors (Lipinski definition) is 3. The number of hydrogen-bond donors (Lipinski definition) is 3. The van der Waals surface area contributed by atoms with E-state index in [1.54, 1.807) is 18.2 Å². The minimum Gasteiger partial charge on any atom is -0.508 e. The third-order valence-electron chi connectivity index (χ3n) is 3.62. The number of aromatic hydroxyl groups is 1. The van der Waals surface area contributed by atoms with Crippen LogP contribution in [-0.4, -0.2) is 28.0 Å². The predicted molar refractivity (Wildman–Crippen MR) is 91.6 cm³/mol. The van der Waals surface area contributed by atoms with Crippen LogP contribution in [-0.2, 0) is 0 Å². The third-order valence-corrected chi connectivity index (χ3v) is 3.62. The van der Waals surface area contributed by atoms with Crippen LogP contribution in [0.4, 0.5) is 0 Å². The van der Waals surface area contributed by atoms with E-state index in [1.807, 2.05) is 32.1 Å². The molecule has 0 saturated heterocycles. The van der Waals surface area contributed by atoms with E-state index in [0.717, 1.165) is 35.1 Å². The zero-order chi connectivity index (χ0) is 16.5. The van der Waals surface area contributed by atoms with Gasteiger partial charge in [0.1, 0.15) is 5.75 Å². The summed E-state index contributed by atoms with van der Waals surface area (Å²) in [5.41, 5.74) is 3.77. The monoisotopic (exact) mass is 302 g/mol. The van der Waals surface area contributed by atoms with E-state index in [-0.39, 0.29) is 12.4 Å². The Kier molecular flexibility index (Phi) is 7.64. The van der Waals surface area contributed by atoms with Crippen LogP contribution in [0.5, 0.6) is 5.75 Å². The molecular formula is C19H26O3. The lowest BCUT2D eigenvalue weighted by Gasteiger charge is -2.17. The van der Waals surface area contributed by atoms with Crippen LogP contribution in [0.3, 0.4) is 0 Å². The van der Waals surface area contributed by atoms with Gasteiger partial charge in [0.15, 0.2) is 0 Å². The smallest absolute Gasteiger partial charge is 0.115 e. The van der Waals surface area contributed by atoms with Crippen molar-refractivity contribution in [3.63, 3.8) is 0 Å². The van der Waals surface area contributed by atoms with Crippen molar-refractivity contribution in [2.45, 2.75) is 39.2 Å². The van der Waals surface area contributed by atoms with Crippen LogP contribution in [0.1, 0.15) is 38.7 Å². The molecule has 0 spiro atoms. The topological polar surface area (TPSA) is 60.7 Å². The number of phenolic OH excluding ortho intramolecular Hbond substituents is 1. The normalized spacial score (nSPS) is 14.0. The van der Waals surface area contributed by atoms with Gasteiger partial charge in [0.05, 0.1) is 12.7 Å². The van der Waals surface area contributed by atoms with E-state index in [2.05, 4.69) is 6.58 Å². The summed E-state index contributed by atoms with van der Waals surface area (Å²) in [5.74, 6) is 0.252. The van der Waals surface area contributed by atoms with Gasteiger partial charge in [-0.1, -0.05) is 43.4 Å². The molecular weight excluding hydrogens is 276 g/mol. The molecule has 0 heterocycles. The molecule has 0 fully saturated rings. The van der Waals surface area contributed by atoms with E-state index in [9.17, 15) is 10.2 Å². The summed E-state index contributed by atoms with van der Waals surface area (Å²) < 4.78 is 0. The highest BCUT2D eigenvalue weighted by Crippen LogP contribution is 2.22. The van der Waals surface area contributed by atoms with Crippen molar-refractivity contribution in [1.82, 2.24) is 0 Å². The number of phenols is 1. The lowest BCUT2D eigenvalue weighted by molar-refractivity contribution is 0.201. The molecule has 1 unspecified atom stereocenters. The van der Waals surface area contributed by atoms with Gasteiger partial charge in [-0.15, -0.1) is 0 Å². The van der Waals surface area contributed by atoms with E-state index in [1.165, 1.54) is 0 Å². The van der Waals surface area contributed by atoms with Gasteiger partial charge in [0.2, 0.25) is 0 Å². The lowest BCUT2D eigenvalue weighted by Crippen LogP contribution is -2.12. The highest BCUT2D eigenvalue weighted by molar-refractivity contribution is 5.53. The number of benzene rings is 1. The van der Waals surface area contributed by atoms with Crippen molar-refractivity contribution in [2.75, 3.05) is 6.61 Å². The highest BCUT2D eigenvalue weighted by atomic mass is 16.3. The Labute approximate surface area is 132 Å². The molecule has 3 heteroatoms. The first-order chi connectivity index (χ1) is 10.5. The van der Waals surface area contributed by atoms with Gasteiger partial charge in [0.25, 0.3) is 0 Å². The van der Waals surface area contributed by atoms with Gasteiger partial charge in [-0.25, -0.2) is 0 Å². The maximum absolute atomic E-state index is 10.3. The first kappa shape index (κ1) is 18.2. The molecule has 3 nitrogen and oxygen atoms in total. The van der Waals surface area contributed by atoms with Gasteiger partial charge in [0, 0.05) is 0 Å². The van der Waals surface area contributed by atoms with Crippen molar-refractivity contribution < 1.29 is 15.3 Å².